The molecule has 0 heterocycles. The Kier molecular flexibility index (Phi) is 5.35. The van der Waals surface area contributed by atoms with Crippen LogP contribution in [0.4, 0.5) is 0 Å². The van der Waals surface area contributed by atoms with Crippen LogP contribution in [0, 0.1) is 5.41 Å². The Morgan fingerprint density at radius 2 is 1.89 bits per heavy atom. The summed E-state index contributed by atoms with van der Waals surface area (Å²) in [5.74, 6) is -0.0548. The van der Waals surface area contributed by atoms with Crippen molar-refractivity contribution in [2.24, 2.45) is 11.1 Å². The van der Waals surface area contributed by atoms with Gasteiger partial charge in [-0.25, -0.2) is 0 Å². The predicted molar refractivity (Wildman–Crippen MR) is 75.2 cm³/mol. The molecule has 0 aliphatic rings. The maximum Gasteiger partial charge on any atom is 0.236 e. The molecule has 0 radical (unpaired) electrons. The number of aryl methyl sites for hydroxylation is 1. The second-order valence-electron chi connectivity index (χ2n) is 5.91. The summed E-state index contributed by atoms with van der Waals surface area (Å²) in [7, 11) is 0. The first-order valence-electron chi connectivity index (χ1n) is 6.46. The average molecular weight is 248 g/mol. The van der Waals surface area contributed by atoms with Gasteiger partial charge in [-0.3, -0.25) is 4.79 Å². The van der Waals surface area contributed by atoms with Crippen LogP contribution in [0.1, 0.15) is 32.8 Å². The lowest BCUT2D eigenvalue weighted by Gasteiger charge is -2.20. The maximum absolute atomic E-state index is 11.8. The number of nitrogens with two attached hydrogens (primary N) is 1. The Balaban J connectivity index is 2.32. The Hall–Kier alpha value is -1.35. The minimum Gasteiger partial charge on any atom is -0.354 e. The minimum absolute atomic E-state index is 0.0548. The van der Waals surface area contributed by atoms with Crippen molar-refractivity contribution in [3.63, 3.8) is 0 Å². The van der Waals surface area contributed by atoms with Crippen molar-refractivity contribution >= 4 is 5.91 Å². The molecule has 0 aliphatic carbocycles. The Morgan fingerprint density at radius 1 is 1.28 bits per heavy atom. The lowest BCUT2D eigenvalue weighted by molar-refractivity contribution is -0.122. The smallest absolute Gasteiger partial charge is 0.236 e. The van der Waals surface area contributed by atoms with E-state index in [1.54, 1.807) is 0 Å². The Bertz CT molecular complexity index is 368. The van der Waals surface area contributed by atoms with E-state index in [1.165, 1.54) is 5.56 Å². The summed E-state index contributed by atoms with van der Waals surface area (Å²) in [6.07, 6.45) is 1.52. The van der Waals surface area contributed by atoms with E-state index in [9.17, 15) is 4.79 Å². The fourth-order valence-electron chi connectivity index (χ4n) is 1.58. The van der Waals surface area contributed by atoms with E-state index in [1.807, 2.05) is 18.2 Å². The lowest BCUT2D eigenvalue weighted by atomic mass is 9.96. The third-order valence-corrected chi connectivity index (χ3v) is 2.72. The second-order valence-corrected chi connectivity index (χ2v) is 5.91. The molecule has 100 valence electrons. The number of benzene rings is 1. The summed E-state index contributed by atoms with van der Waals surface area (Å²) in [4.78, 5) is 11.8. The fraction of sp³-hybridized carbons (Fsp3) is 0.533. The van der Waals surface area contributed by atoms with E-state index in [-0.39, 0.29) is 11.3 Å². The van der Waals surface area contributed by atoms with Gasteiger partial charge in [0.25, 0.3) is 0 Å². The molecule has 1 rings (SSSR count). The molecule has 18 heavy (non-hydrogen) atoms. The van der Waals surface area contributed by atoms with E-state index in [0.717, 1.165) is 6.42 Å². The quantitative estimate of drug-likeness (QED) is 0.838. The summed E-state index contributed by atoms with van der Waals surface area (Å²) < 4.78 is 0. The number of carbonyl (C=O) groups excluding carboxylic acids is 1. The first kappa shape index (κ1) is 14.7. The highest BCUT2D eigenvalue weighted by molar-refractivity contribution is 5.81. The highest BCUT2D eigenvalue weighted by atomic mass is 16.2. The van der Waals surface area contributed by atoms with Gasteiger partial charge in [0.1, 0.15) is 0 Å². The summed E-state index contributed by atoms with van der Waals surface area (Å²) in [6.45, 7) is 6.92. The predicted octanol–water partition coefficient (Wildman–Crippen LogP) is 2.11. The molecule has 1 aromatic rings. The SMILES string of the molecule is CC(C)(C)CNC(=O)[C@@H](N)CCc1ccccc1. The molecule has 1 atom stereocenters. The van der Waals surface area contributed by atoms with Gasteiger partial charge in [-0.15, -0.1) is 0 Å². The first-order valence-corrected chi connectivity index (χ1v) is 6.46. The van der Waals surface area contributed by atoms with Crippen molar-refractivity contribution in [2.75, 3.05) is 6.54 Å². The average Bonchev–Trinajstić information content (AvgIpc) is 2.33. The van der Waals surface area contributed by atoms with Crippen LogP contribution in [-0.2, 0) is 11.2 Å². The van der Waals surface area contributed by atoms with Crippen molar-refractivity contribution < 1.29 is 4.79 Å². The lowest BCUT2D eigenvalue weighted by Crippen LogP contribution is -2.43. The zero-order chi connectivity index (χ0) is 13.6. The van der Waals surface area contributed by atoms with E-state index >= 15 is 0 Å². The van der Waals surface area contributed by atoms with E-state index in [2.05, 4.69) is 38.2 Å². The van der Waals surface area contributed by atoms with Gasteiger partial charge in [0.05, 0.1) is 6.04 Å². The standard InChI is InChI=1S/C15H24N2O/c1-15(2,3)11-17-14(18)13(16)10-9-12-7-5-4-6-8-12/h4-8,13H,9-11,16H2,1-3H3,(H,17,18)/t13-/m0/s1. The minimum atomic E-state index is -0.424. The van der Waals surface area contributed by atoms with Crippen LogP contribution >= 0.6 is 0 Å². The Labute approximate surface area is 110 Å². The van der Waals surface area contributed by atoms with Gasteiger partial charge >= 0.3 is 0 Å². The van der Waals surface area contributed by atoms with Crippen LogP contribution in [0.5, 0.6) is 0 Å². The molecule has 3 heteroatoms. The number of nitrogens with one attached hydrogen (secondary N) is 1. The molecule has 0 spiro atoms. The van der Waals surface area contributed by atoms with Gasteiger partial charge in [0.2, 0.25) is 5.91 Å². The van der Waals surface area contributed by atoms with Crippen LogP contribution in [0.15, 0.2) is 30.3 Å². The monoisotopic (exact) mass is 248 g/mol. The van der Waals surface area contributed by atoms with Crippen LogP contribution < -0.4 is 11.1 Å². The highest BCUT2D eigenvalue weighted by Crippen LogP contribution is 2.10. The molecule has 0 bridgehead atoms. The van der Waals surface area contributed by atoms with Gasteiger partial charge in [-0.2, -0.15) is 0 Å². The van der Waals surface area contributed by atoms with Gasteiger partial charge < -0.3 is 11.1 Å². The molecule has 0 saturated carbocycles. The first-order chi connectivity index (χ1) is 8.38. The fourth-order valence-corrected chi connectivity index (χ4v) is 1.58. The number of amides is 1. The maximum atomic E-state index is 11.8. The summed E-state index contributed by atoms with van der Waals surface area (Å²) in [6, 6.07) is 9.67. The van der Waals surface area contributed by atoms with Gasteiger partial charge in [0, 0.05) is 6.54 Å². The van der Waals surface area contributed by atoms with Crippen molar-refractivity contribution in [3.05, 3.63) is 35.9 Å². The van der Waals surface area contributed by atoms with E-state index in [4.69, 9.17) is 5.73 Å². The zero-order valence-electron chi connectivity index (χ0n) is 11.6. The second kappa shape index (κ2) is 6.55. The van der Waals surface area contributed by atoms with Crippen molar-refractivity contribution in [3.8, 4) is 0 Å². The third kappa shape index (κ3) is 5.82. The summed E-state index contributed by atoms with van der Waals surface area (Å²) in [5.41, 5.74) is 7.19. The summed E-state index contributed by atoms with van der Waals surface area (Å²) >= 11 is 0. The van der Waals surface area contributed by atoms with E-state index in [0.29, 0.717) is 13.0 Å². The summed E-state index contributed by atoms with van der Waals surface area (Å²) in [5, 5.41) is 2.89. The van der Waals surface area contributed by atoms with E-state index < -0.39 is 6.04 Å². The normalized spacial score (nSPS) is 13.1. The van der Waals surface area contributed by atoms with Crippen molar-refractivity contribution in [2.45, 2.75) is 39.7 Å². The largest absolute Gasteiger partial charge is 0.354 e. The molecule has 3 nitrogen and oxygen atoms in total. The van der Waals surface area contributed by atoms with Gasteiger partial charge in [-0.1, -0.05) is 51.1 Å². The molecular weight excluding hydrogens is 224 g/mol. The molecule has 1 amide bonds. The third-order valence-electron chi connectivity index (χ3n) is 2.72. The van der Waals surface area contributed by atoms with Crippen LogP contribution in [0.25, 0.3) is 0 Å². The van der Waals surface area contributed by atoms with Crippen LogP contribution in [0.2, 0.25) is 0 Å². The molecule has 1 aromatic carbocycles. The van der Waals surface area contributed by atoms with Gasteiger partial charge in [0.15, 0.2) is 0 Å². The highest BCUT2D eigenvalue weighted by Gasteiger charge is 2.16. The molecule has 3 N–H and O–H groups in total. The molecule has 0 unspecified atom stereocenters. The molecule has 0 aliphatic heterocycles. The number of hydrogen-bond acceptors (Lipinski definition) is 2. The van der Waals surface area contributed by atoms with Crippen LogP contribution in [0.3, 0.4) is 0 Å². The topological polar surface area (TPSA) is 55.1 Å². The molecule has 0 fully saturated rings. The number of rotatable bonds is 5. The Morgan fingerprint density at radius 3 is 2.44 bits per heavy atom. The zero-order valence-corrected chi connectivity index (χ0v) is 11.6. The molecular formula is C15H24N2O. The number of hydrogen-bond donors (Lipinski definition) is 2. The van der Waals surface area contributed by atoms with Gasteiger partial charge in [-0.05, 0) is 23.8 Å². The molecule has 0 saturated heterocycles. The van der Waals surface area contributed by atoms with Crippen molar-refractivity contribution in [1.29, 1.82) is 0 Å². The van der Waals surface area contributed by atoms with Crippen LogP contribution in [-0.4, -0.2) is 18.5 Å². The van der Waals surface area contributed by atoms with Crippen molar-refractivity contribution in [1.82, 2.24) is 5.32 Å². The molecule has 0 aromatic heterocycles. The number of carbonyl (C=O) groups is 1.